The molecule has 2 aliphatic heterocycles. The third-order valence-electron chi connectivity index (χ3n) is 5.84. The number of benzene rings is 2. The fraction of sp³-hybridized carbons (Fsp3) is 0.357. The van der Waals surface area contributed by atoms with E-state index in [-0.39, 0.29) is 11.4 Å². The number of nitrogens with zero attached hydrogens (tertiary/aromatic N) is 3. The van der Waals surface area contributed by atoms with Crippen LogP contribution in [-0.4, -0.2) is 39.3 Å². The topological polar surface area (TPSA) is 78.1 Å². The van der Waals surface area contributed by atoms with Crippen molar-refractivity contribution in [1.29, 1.82) is 5.41 Å². The quantitative estimate of drug-likeness (QED) is 0.183. The van der Waals surface area contributed by atoms with Crippen molar-refractivity contribution in [3.05, 3.63) is 65.2 Å². The van der Waals surface area contributed by atoms with Crippen molar-refractivity contribution < 1.29 is 9.53 Å². The van der Waals surface area contributed by atoms with Crippen LogP contribution in [0.3, 0.4) is 0 Å². The molecule has 0 saturated heterocycles. The Kier molecular flexibility index (Phi) is 9.41. The molecule has 1 N–H and O–H groups in total. The first-order chi connectivity index (χ1) is 17.5. The highest BCUT2D eigenvalue weighted by molar-refractivity contribution is 8.26. The van der Waals surface area contributed by atoms with Crippen LogP contribution in [0, 0.1) is 12.3 Å². The second-order valence-corrected chi connectivity index (χ2v) is 10.9. The molecule has 36 heavy (non-hydrogen) atoms. The van der Waals surface area contributed by atoms with E-state index in [4.69, 9.17) is 10.1 Å². The summed E-state index contributed by atoms with van der Waals surface area (Å²) in [5.74, 6) is 1.13. The highest BCUT2D eigenvalue weighted by Gasteiger charge is 2.35. The van der Waals surface area contributed by atoms with Gasteiger partial charge < -0.3 is 4.74 Å². The molecular formula is C28H32N4O2S2. The first-order valence-corrected chi connectivity index (χ1v) is 14.3. The van der Waals surface area contributed by atoms with Crippen molar-refractivity contribution in [2.75, 3.05) is 12.4 Å². The lowest BCUT2D eigenvalue weighted by Gasteiger charge is -2.20. The largest absolute Gasteiger partial charge is 0.492 e. The van der Waals surface area contributed by atoms with E-state index in [9.17, 15) is 4.79 Å². The van der Waals surface area contributed by atoms with E-state index < -0.39 is 5.91 Å². The number of carbonyl (C=O) groups is 1. The molecule has 188 valence electrons. The van der Waals surface area contributed by atoms with Crippen molar-refractivity contribution in [2.24, 2.45) is 10.1 Å². The molecule has 0 spiro atoms. The molecule has 0 saturated carbocycles. The number of amides is 1. The van der Waals surface area contributed by atoms with Gasteiger partial charge in [-0.05, 0) is 55.8 Å². The van der Waals surface area contributed by atoms with Gasteiger partial charge in [0.25, 0.3) is 5.91 Å². The Balaban J connectivity index is 1.39. The van der Waals surface area contributed by atoms with Crippen LogP contribution in [0.2, 0.25) is 0 Å². The number of nitrogens with one attached hydrogen (secondary N) is 1. The monoisotopic (exact) mass is 520 g/mol. The maximum atomic E-state index is 12.8. The number of hydrogen-bond donors (Lipinski definition) is 1. The predicted octanol–water partition coefficient (Wildman–Crippen LogP) is 7.15. The SMILES string of the molecule is CCCCCCCC1=NN2C(=N)/C(=C/c3ccccc3OCCSc3ccc(C)cc3)C(=O)N=C2S1. The Morgan fingerprint density at radius 3 is 2.67 bits per heavy atom. The minimum Gasteiger partial charge on any atom is -0.492 e. The Labute approximate surface area is 221 Å². The lowest BCUT2D eigenvalue weighted by Crippen LogP contribution is -2.35. The molecule has 0 unspecified atom stereocenters. The number of rotatable bonds is 12. The van der Waals surface area contributed by atoms with E-state index in [0.717, 1.165) is 29.2 Å². The molecule has 0 bridgehead atoms. The first kappa shape index (κ1) is 26.2. The number of ether oxygens (including phenoxy) is 1. The van der Waals surface area contributed by atoms with Gasteiger partial charge in [0.05, 0.1) is 12.2 Å². The lowest BCUT2D eigenvalue weighted by molar-refractivity contribution is -0.114. The summed E-state index contributed by atoms with van der Waals surface area (Å²) in [6.45, 7) is 4.81. The van der Waals surface area contributed by atoms with Gasteiger partial charge in [-0.1, -0.05) is 68.5 Å². The van der Waals surface area contributed by atoms with Crippen LogP contribution in [-0.2, 0) is 4.79 Å². The van der Waals surface area contributed by atoms with Crippen molar-refractivity contribution in [2.45, 2.75) is 57.3 Å². The fourth-order valence-electron chi connectivity index (χ4n) is 3.84. The lowest BCUT2D eigenvalue weighted by atomic mass is 10.1. The van der Waals surface area contributed by atoms with Crippen LogP contribution < -0.4 is 4.74 Å². The summed E-state index contributed by atoms with van der Waals surface area (Å²) >= 11 is 3.14. The number of carbonyl (C=O) groups excluding carboxylic acids is 1. The summed E-state index contributed by atoms with van der Waals surface area (Å²) in [6, 6.07) is 16.0. The minimum atomic E-state index is -0.414. The number of para-hydroxylation sites is 1. The van der Waals surface area contributed by atoms with Crippen molar-refractivity contribution >= 4 is 51.6 Å². The molecular weight excluding hydrogens is 488 g/mol. The summed E-state index contributed by atoms with van der Waals surface area (Å²) in [5.41, 5.74) is 2.21. The van der Waals surface area contributed by atoms with Gasteiger partial charge >= 0.3 is 0 Å². The van der Waals surface area contributed by atoms with Gasteiger partial charge in [-0.25, -0.2) is 0 Å². The van der Waals surface area contributed by atoms with Crippen LogP contribution in [0.1, 0.15) is 56.6 Å². The fourth-order valence-corrected chi connectivity index (χ4v) is 5.50. The zero-order valence-corrected chi connectivity index (χ0v) is 22.5. The highest BCUT2D eigenvalue weighted by atomic mass is 32.2. The molecule has 2 heterocycles. The summed E-state index contributed by atoms with van der Waals surface area (Å²) in [7, 11) is 0. The Bertz CT molecular complexity index is 1190. The zero-order valence-electron chi connectivity index (χ0n) is 20.8. The van der Waals surface area contributed by atoms with Crippen LogP contribution in [0.25, 0.3) is 6.08 Å². The van der Waals surface area contributed by atoms with E-state index >= 15 is 0 Å². The van der Waals surface area contributed by atoms with Crippen LogP contribution in [0.15, 0.2) is 69.1 Å². The smallest absolute Gasteiger partial charge is 0.283 e. The molecule has 2 aromatic carbocycles. The Morgan fingerprint density at radius 2 is 1.86 bits per heavy atom. The molecule has 0 aromatic heterocycles. The number of aryl methyl sites for hydroxylation is 1. The van der Waals surface area contributed by atoms with E-state index in [1.807, 2.05) is 24.3 Å². The van der Waals surface area contributed by atoms with Crippen molar-refractivity contribution in [1.82, 2.24) is 5.01 Å². The van der Waals surface area contributed by atoms with Crippen molar-refractivity contribution in [3.63, 3.8) is 0 Å². The van der Waals surface area contributed by atoms with Gasteiger partial charge in [-0.2, -0.15) is 15.1 Å². The molecule has 6 nitrogen and oxygen atoms in total. The number of aliphatic imine (C=N–C) groups is 1. The second-order valence-electron chi connectivity index (χ2n) is 8.73. The molecule has 2 aromatic rings. The number of unbranched alkanes of at least 4 members (excludes halogenated alkanes) is 4. The predicted molar refractivity (Wildman–Crippen MR) is 152 cm³/mol. The van der Waals surface area contributed by atoms with E-state index in [1.54, 1.807) is 17.8 Å². The second kappa shape index (κ2) is 12.9. The third-order valence-corrected chi connectivity index (χ3v) is 7.78. The molecule has 0 aliphatic carbocycles. The minimum absolute atomic E-state index is 0.0585. The molecule has 4 rings (SSSR count). The summed E-state index contributed by atoms with van der Waals surface area (Å²) in [5, 5.41) is 16.1. The van der Waals surface area contributed by atoms with Gasteiger partial charge in [0.15, 0.2) is 5.84 Å². The Hall–Kier alpha value is -2.84. The number of amidine groups is 2. The number of hydrogen-bond acceptors (Lipinski definition) is 6. The highest BCUT2D eigenvalue weighted by Crippen LogP contribution is 2.31. The summed E-state index contributed by atoms with van der Waals surface area (Å²) in [4.78, 5) is 18.2. The zero-order chi connectivity index (χ0) is 25.3. The first-order valence-electron chi connectivity index (χ1n) is 12.5. The summed E-state index contributed by atoms with van der Waals surface area (Å²) in [6.07, 6.45) is 8.47. The normalized spacial score (nSPS) is 16.3. The van der Waals surface area contributed by atoms with Gasteiger partial charge in [0.2, 0.25) is 5.17 Å². The number of hydrazone groups is 1. The van der Waals surface area contributed by atoms with Gasteiger partial charge in [-0.3, -0.25) is 10.2 Å². The average molecular weight is 521 g/mol. The van der Waals surface area contributed by atoms with Gasteiger partial charge in [0, 0.05) is 16.2 Å². The molecule has 0 fully saturated rings. The van der Waals surface area contributed by atoms with Gasteiger partial charge in [0.1, 0.15) is 10.8 Å². The molecule has 2 aliphatic rings. The van der Waals surface area contributed by atoms with E-state index in [0.29, 0.717) is 17.5 Å². The molecule has 0 radical (unpaired) electrons. The van der Waals surface area contributed by atoms with E-state index in [1.165, 1.54) is 52.9 Å². The van der Waals surface area contributed by atoms with Crippen molar-refractivity contribution in [3.8, 4) is 5.75 Å². The molecule has 0 atom stereocenters. The molecule has 1 amide bonds. The Morgan fingerprint density at radius 1 is 1.08 bits per heavy atom. The van der Waals surface area contributed by atoms with Crippen LogP contribution >= 0.6 is 23.5 Å². The molecule has 8 heteroatoms. The maximum Gasteiger partial charge on any atom is 0.283 e. The van der Waals surface area contributed by atoms with Crippen LogP contribution in [0.5, 0.6) is 5.75 Å². The average Bonchev–Trinajstić information content (AvgIpc) is 3.29. The number of fused-ring (bicyclic) bond motifs is 1. The number of thioether (sulfide) groups is 2. The summed E-state index contributed by atoms with van der Waals surface area (Å²) < 4.78 is 6.04. The maximum absolute atomic E-state index is 12.8. The van der Waals surface area contributed by atoms with Gasteiger partial charge in [-0.15, -0.1) is 11.8 Å². The van der Waals surface area contributed by atoms with E-state index in [2.05, 4.69) is 48.2 Å². The third kappa shape index (κ3) is 6.89. The standard InChI is InChI=1S/C28H32N4O2S2/c1-3-4-5-6-7-12-25-31-32-26(29)23(27(33)30-28(32)36-25)19-21-10-8-9-11-24(21)34-17-18-35-22-15-13-20(2)14-16-22/h8-11,13-16,19,29H,3-7,12,17-18H2,1-2H3/b23-19-,29-26?. The van der Waals surface area contributed by atoms with Crippen LogP contribution in [0.4, 0.5) is 0 Å².